The molecule has 2 aromatic rings. The number of benzene rings is 1. The van der Waals surface area contributed by atoms with Crippen LogP contribution in [0.3, 0.4) is 0 Å². The Morgan fingerprint density at radius 3 is 2.74 bits per heavy atom. The molecule has 0 aliphatic carbocycles. The van der Waals surface area contributed by atoms with E-state index in [4.69, 9.17) is 5.73 Å². The largest absolute Gasteiger partial charge is 0.384 e. The van der Waals surface area contributed by atoms with E-state index in [1.54, 1.807) is 29.9 Å². The van der Waals surface area contributed by atoms with E-state index in [0.717, 1.165) is 18.4 Å². The van der Waals surface area contributed by atoms with Gasteiger partial charge in [0.15, 0.2) is 0 Å². The van der Waals surface area contributed by atoms with Gasteiger partial charge < -0.3 is 5.73 Å². The predicted molar refractivity (Wildman–Crippen MR) is 73.7 cm³/mol. The minimum Gasteiger partial charge on any atom is -0.384 e. The molecule has 1 aromatic heterocycles. The van der Waals surface area contributed by atoms with Crippen LogP contribution >= 0.6 is 0 Å². The lowest BCUT2D eigenvalue weighted by Crippen LogP contribution is -1.99. The number of aromatic nitrogens is 2. The molecular formula is C13H16N4O2. The molecule has 0 bridgehead atoms. The fourth-order valence-electron chi connectivity index (χ4n) is 2.13. The second kappa shape index (κ2) is 5.09. The van der Waals surface area contributed by atoms with E-state index in [-0.39, 0.29) is 5.69 Å². The zero-order chi connectivity index (χ0) is 14.0. The third-order valence-electron chi connectivity index (χ3n) is 3.05. The van der Waals surface area contributed by atoms with Gasteiger partial charge in [-0.15, -0.1) is 0 Å². The van der Waals surface area contributed by atoms with Crippen LogP contribution in [0.5, 0.6) is 0 Å². The summed E-state index contributed by atoms with van der Waals surface area (Å²) in [5.41, 5.74) is 8.03. The zero-order valence-corrected chi connectivity index (χ0v) is 11.0. The first-order chi connectivity index (χ1) is 9.06. The molecule has 0 amide bonds. The fourth-order valence-corrected chi connectivity index (χ4v) is 2.13. The van der Waals surface area contributed by atoms with E-state index >= 15 is 0 Å². The third kappa shape index (κ3) is 2.29. The minimum atomic E-state index is -0.393. The van der Waals surface area contributed by atoms with Crippen LogP contribution < -0.4 is 5.73 Å². The summed E-state index contributed by atoms with van der Waals surface area (Å²) in [6.07, 6.45) is 1.66. The standard InChI is InChI=1S/C13H16N4O2/c1-3-6-10-12(15-16(2)13(10)14)9-7-4-5-8-11(9)17(18)19/h4-5,7-8H,3,6,14H2,1-2H3. The first kappa shape index (κ1) is 13.1. The molecule has 1 heterocycles. The van der Waals surface area contributed by atoms with E-state index in [2.05, 4.69) is 5.10 Å². The van der Waals surface area contributed by atoms with Gasteiger partial charge in [0.1, 0.15) is 11.5 Å². The van der Waals surface area contributed by atoms with Gasteiger partial charge in [-0.3, -0.25) is 14.8 Å². The smallest absolute Gasteiger partial charge is 0.278 e. The summed E-state index contributed by atoms with van der Waals surface area (Å²) in [6.45, 7) is 2.04. The number of hydrogen-bond donors (Lipinski definition) is 1. The molecular weight excluding hydrogens is 244 g/mol. The first-order valence-corrected chi connectivity index (χ1v) is 6.11. The van der Waals surface area contributed by atoms with Crippen molar-refractivity contribution in [1.29, 1.82) is 0 Å². The molecule has 0 unspecified atom stereocenters. The lowest BCUT2D eigenvalue weighted by molar-refractivity contribution is -0.384. The van der Waals surface area contributed by atoms with Crippen molar-refractivity contribution < 1.29 is 4.92 Å². The van der Waals surface area contributed by atoms with E-state index in [0.29, 0.717) is 17.1 Å². The van der Waals surface area contributed by atoms with Gasteiger partial charge in [-0.05, 0) is 12.5 Å². The lowest BCUT2D eigenvalue weighted by Gasteiger charge is -2.03. The number of nitrogens with two attached hydrogens (primary N) is 1. The zero-order valence-electron chi connectivity index (χ0n) is 11.0. The number of para-hydroxylation sites is 1. The highest BCUT2D eigenvalue weighted by Crippen LogP contribution is 2.33. The van der Waals surface area contributed by atoms with E-state index < -0.39 is 4.92 Å². The summed E-state index contributed by atoms with van der Waals surface area (Å²) in [7, 11) is 1.74. The van der Waals surface area contributed by atoms with Crippen molar-refractivity contribution in [3.8, 4) is 11.3 Å². The van der Waals surface area contributed by atoms with Crippen molar-refractivity contribution >= 4 is 11.5 Å². The topological polar surface area (TPSA) is 87.0 Å². The maximum atomic E-state index is 11.1. The highest BCUT2D eigenvalue weighted by atomic mass is 16.6. The van der Waals surface area contributed by atoms with Crippen molar-refractivity contribution in [3.63, 3.8) is 0 Å². The summed E-state index contributed by atoms with van der Waals surface area (Å²) in [5, 5.41) is 15.4. The van der Waals surface area contributed by atoms with Crippen molar-refractivity contribution in [2.24, 2.45) is 7.05 Å². The fraction of sp³-hybridized carbons (Fsp3) is 0.308. The average Bonchev–Trinajstić information content (AvgIpc) is 2.67. The number of nitro benzene ring substituents is 1. The molecule has 2 rings (SSSR count). The molecule has 2 N–H and O–H groups in total. The Balaban J connectivity index is 2.65. The Morgan fingerprint density at radius 2 is 2.11 bits per heavy atom. The molecule has 6 nitrogen and oxygen atoms in total. The molecule has 0 atom stereocenters. The summed E-state index contributed by atoms with van der Waals surface area (Å²) in [5.74, 6) is 0.565. The van der Waals surface area contributed by atoms with Crippen LogP contribution in [0, 0.1) is 10.1 Å². The van der Waals surface area contributed by atoms with E-state index in [1.165, 1.54) is 6.07 Å². The van der Waals surface area contributed by atoms with E-state index in [9.17, 15) is 10.1 Å². The molecule has 0 radical (unpaired) electrons. The van der Waals surface area contributed by atoms with Crippen LogP contribution in [0.25, 0.3) is 11.3 Å². The SMILES string of the molecule is CCCc1c(-c2ccccc2[N+](=O)[O-])nn(C)c1N. The molecule has 0 saturated heterocycles. The highest BCUT2D eigenvalue weighted by Gasteiger charge is 2.21. The van der Waals surface area contributed by atoms with Crippen molar-refractivity contribution in [3.05, 3.63) is 39.9 Å². The molecule has 0 spiro atoms. The average molecular weight is 260 g/mol. The Bertz CT molecular complexity index is 619. The Kier molecular flexibility index (Phi) is 3.50. The predicted octanol–water partition coefficient (Wildman–Crippen LogP) is 2.53. The molecule has 0 fully saturated rings. The molecule has 1 aromatic carbocycles. The summed E-state index contributed by atoms with van der Waals surface area (Å²) in [4.78, 5) is 10.7. The first-order valence-electron chi connectivity index (χ1n) is 6.11. The van der Waals surface area contributed by atoms with Gasteiger partial charge in [0.25, 0.3) is 5.69 Å². The van der Waals surface area contributed by atoms with Gasteiger partial charge in [0, 0.05) is 18.7 Å². The monoisotopic (exact) mass is 260 g/mol. The van der Waals surface area contributed by atoms with Crippen LogP contribution in [0.2, 0.25) is 0 Å². The normalized spacial score (nSPS) is 10.6. The summed E-state index contributed by atoms with van der Waals surface area (Å²) >= 11 is 0. The Hall–Kier alpha value is -2.37. The van der Waals surface area contributed by atoms with Crippen molar-refractivity contribution in [2.75, 3.05) is 5.73 Å². The van der Waals surface area contributed by atoms with Crippen molar-refractivity contribution in [2.45, 2.75) is 19.8 Å². The summed E-state index contributed by atoms with van der Waals surface area (Å²) in [6, 6.07) is 6.60. The lowest BCUT2D eigenvalue weighted by atomic mass is 10.0. The number of nitrogen functional groups attached to an aromatic ring is 1. The number of aryl methyl sites for hydroxylation is 1. The van der Waals surface area contributed by atoms with Gasteiger partial charge in [-0.2, -0.15) is 5.10 Å². The third-order valence-corrected chi connectivity index (χ3v) is 3.05. The molecule has 0 aliphatic heterocycles. The second-order valence-corrected chi connectivity index (χ2v) is 4.36. The van der Waals surface area contributed by atoms with Crippen LogP contribution in [0.4, 0.5) is 11.5 Å². The molecule has 6 heteroatoms. The van der Waals surface area contributed by atoms with Gasteiger partial charge in [0.05, 0.1) is 10.5 Å². The number of hydrogen-bond acceptors (Lipinski definition) is 4. The van der Waals surface area contributed by atoms with Crippen LogP contribution in [0.15, 0.2) is 24.3 Å². The molecule has 19 heavy (non-hydrogen) atoms. The maximum Gasteiger partial charge on any atom is 0.278 e. The number of nitro groups is 1. The maximum absolute atomic E-state index is 11.1. The molecule has 0 saturated carbocycles. The number of nitrogens with zero attached hydrogens (tertiary/aromatic N) is 3. The van der Waals surface area contributed by atoms with Gasteiger partial charge in [-0.1, -0.05) is 25.5 Å². The number of anilines is 1. The van der Waals surface area contributed by atoms with Gasteiger partial charge >= 0.3 is 0 Å². The quantitative estimate of drug-likeness (QED) is 0.676. The van der Waals surface area contributed by atoms with Crippen LogP contribution in [-0.2, 0) is 13.5 Å². The van der Waals surface area contributed by atoms with Crippen LogP contribution in [0.1, 0.15) is 18.9 Å². The number of rotatable bonds is 4. The Morgan fingerprint density at radius 1 is 1.42 bits per heavy atom. The second-order valence-electron chi connectivity index (χ2n) is 4.36. The van der Waals surface area contributed by atoms with Crippen molar-refractivity contribution in [1.82, 2.24) is 9.78 Å². The van der Waals surface area contributed by atoms with Gasteiger partial charge in [0.2, 0.25) is 0 Å². The minimum absolute atomic E-state index is 0.0537. The molecule has 0 aliphatic rings. The molecule has 100 valence electrons. The van der Waals surface area contributed by atoms with Gasteiger partial charge in [-0.25, -0.2) is 0 Å². The van der Waals surface area contributed by atoms with E-state index in [1.807, 2.05) is 6.92 Å². The highest BCUT2D eigenvalue weighted by molar-refractivity contribution is 5.76. The Labute approximate surface area is 111 Å². The summed E-state index contributed by atoms with van der Waals surface area (Å²) < 4.78 is 1.57. The van der Waals surface area contributed by atoms with Crippen LogP contribution in [-0.4, -0.2) is 14.7 Å².